The molecule has 7 heteroatoms. The van der Waals surface area contributed by atoms with Gasteiger partial charge in [0.2, 0.25) is 11.6 Å². The minimum atomic E-state index is -4.46. The summed E-state index contributed by atoms with van der Waals surface area (Å²) >= 11 is 0. The van der Waals surface area contributed by atoms with Crippen LogP contribution in [0.2, 0.25) is 0 Å². The molecule has 0 saturated carbocycles. The molecule has 0 aliphatic carbocycles. The summed E-state index contributed by atoms with van der Waals surface area (Å²) in [6.45, 7) is 0.0156. The van der Waals surface area contributed by atoms with Crippen LogP contribution in [-0.2, 0) is 12.8 Å². The molecular weight excluding hydrogens is 285 g/mol. The Balaban J connectivity index is 1.81. The van der Waals surface area contributed by atoms with Crippen LogP contribution in [0.25, 0.3) is 11.2 Å². The quantitative estimate of drug-likeness (QED) is 0.736. The Morgan fingerprint density at radius 3 is 2.62 bits per heavy atom. The van der Waals surface area contributed by atoms with Gasteiger partial charge < -0.3 is 9.15 Å². The van der Waals surface area contributed by atoms with Crippen molar-refractivity contribution in [1.29, 1.82) is 0 Å². The average Bonchev–Trinajstić information content (AvgIpc) is 2.87. The Labute approximate surface area is 117 Å². The summed E-state index contributed by atoms with van der Waals surface area (Å²) in [6, 6.07) is 9.86. The molecule has 21 heavy (non-hydrogen) atoms. The molecule has 3 aromatic rings. The van der Waals surface area contributed by atoms with Crippen LogP contribution in [0.3, 0.4) is 0 Å². The van der Waals surface area contributed by atoms with Gasteiger partial charge in [0, 0.05) is 6.20 Å². The zero-order chi connectivity index (χ0) is 14.9. The molecule has 0 spiro atoms. The van der Waals surface area contributed by atoms with E-state index in [-0.39, 0.29) is 23.7 Å². The van der Waals surface area contributed by atoms with Gasteiger partial charge in [-0.05, 0) is 18.2 Å². The molecule has 2 heterocycles. The maximum Gasteiger partial charge on any atom is 0.417 e. The van der Waals surface area contributed by atoms with Crippen molar-refractivity contribution >= 4 is 11.2 Å². The van der Waals surface area contributed by atoms with Gasteiger partial charge in [-0.15, -0.1) is 0 Å². The summed E-state index contributed by atoms with van der Waals surface area (Å²) in [7, 11) is 0. The van der Waals surface area contributed by atoms with Gasteiger partial charge in [-0.2, -0.15) is 13.2 Å². The van der Waals surface area contributed by atoms with Crippen LogP contribution in [-0.4, -0.2) is 9.97 Å². The van der Waals surface area contributed by atoms with Crippen LogP contribution in [0, 0.1) is 0 Å². The number of halogens is 3. The first-order valence-corrected chi connectivity index (χ1v) is 6.03. The fourth-order valence-electron chi connectivity index (χ4n) is 1.75. The summed E-state index contributed by atoms with van der Waals surface area (Å²) in [5.74, 6) is 0.782. The summed E-state index contributed by atoms with van der Waals surface area (Å²) in [5, 5.41) is 0. The number of aromatic nitrogens is 2. The fraction of sp³-hybridized carbons (Fsp3) is 0.143. The molecule has 0 radical (unpaired) electrons. The number of alkyl halides is 3. The van der Waals surface area contributed by atoms with E-state index in [1.165, 1.54) is 0 Å². The average molecular weight is 294 g/mol. The molecule has 0 aliphatic rings. The summed E-state index contributed by atoms with van der Waals surface area (Å²) in [5.41, 5.74) is -0.759. The Bertz CT molecular complexity index is 754. The van der Waals surface area contributed by atoms with Crippen molar-refractivity contribution in [2.75, 3.05) is 0 Å². The highest BCUT2D eigenvalue weighted by molar-refractivity contribution is 5.68. The van der Waals surface area contributed by atoms with Crippen LogP contribution in [0.15, 0.2) is 47.0 Å². The number of benzene rings is 1. The van der Waals surface area contributed by atoms with Crippen LogP contribution in [0.4, 0.5) is 13.2 Å². The first kappa shape index (κ1) is 13.4. The number of para-hydroxylation sites is 1. The molecule has 0 saturated heterocycles. The largest absolute Gasteiger partial charge is 0.484 e. The smallest absolute Gasteiger partial charge is 0.417 e. The van der Waals surface area contributed by atoms with Crippen molar-refractivity contribution in [3.05, 3.63) is 54.0 Å². The van der Waals surface area contributed by atoms with Gasteiger partial charge in [0.1, 0.15) is 11.3 Å². The van der Waals surface area contributed by atoms with Crippen molar-refractivity contribution in [3.63, 3.8) is 0 Å². The zero-order valence-corrected chi connectivity index (χ0v) is 10.6. The summed E-state index contributed by atoms with van der Waals surface area (Å²) in [6.07, 6.45) is -3.74. The van der Waals surface area contributed by atoms with E-state index in [1.54, 1.807) is 24.3 Å². The summed E-state index contributed by atoms with van der Waals surface area (Å²) < 4.78 is 48.4. The highest BCUT2D eigenvalue weighted by atomic mass is 19.4. The predicted octanol–water partition coefficient (Wildman–Crippen LogP) is 3.82. The summed E-state index contributed by atoms with van der Waals surface area (Å²) in [4.78, 5) is 7.57. The Kier molecular flexibility index (Phi) is 3.25. The van der Waals surface area contributed by atoms with Gasteiger partial charge in [-0.1, -0.05) is 18.2 Å². The van der Waals surface area contributed by atoms with Gasteiger partial charge in [-0.25, -0.2) is 9.97 Å². The van der Waals surface area contributed by atoms with Crippen LogP contribution in [0.1, 0.15) is 11.5 Å². The molecule has 108 valence electrons. The molecule has 3 rings (SSSR count). The lowest BCUT2D eigenvalue weighted by Gasteiger charge is -2.03. The monoisotopic (exact) mass is 294 g/mol. The predicted molar refractivity (Wildman–Crippen MR) is 67.6 cm³/mol. The van der Waals surface area contributed by atoms with Crippen LogP contribution >= 0.6 is 0 Å². The minimum absolute atomic E-state index is 0.0156. The van der Waals surface area contributed by atoms with Crippen molar-refractivity contribution in [2.24, 2.45) is 0 Å². The SMILES string of the molecule is FC(F)(F)c1cnc2oc(COc3ccccc3)nc2c1. The van der Waals surface area contributed by atoms with Crippen molar-refractivity contribution in [3.8, 4) is 5.75 Å². The molecule has 0 bridgehead atoms. The molecular formula is C14H9F3N2O2. The van der Waals surface area contributed by atoms with Gasteiger partial charge in [0.05, 0.1) is 5.56 Å². The molecule has 0 amide bonds. The minimum Gasteiger partial charge on any atom is -0.484 e. The fourth-order valence-corrected chi connectivity index (χ4v) is 1.75. The number of hydrogen-bond acceptors (Lipinski definition) is 4. The number of ether oxygens (including phenoxy) is 1. The maximum atomic E-state index is 12.6. The molecule has 0 N–H and O–H groups in total. The highest BCUT2D eigenvalue weighted by Gasteiger charge is 2.31. The lowest BCUT2D eigenvalue weighted by Crippen LogP contribution is -2.04. The lowest BCUT2D eigenvalue weighted by atomic mass is 10.3. The van der Waals surface area contributed by atoms with E-state index < -0.39 is 11.7 Å². The van der Waals surface area contributed by atoms with E-state index in [2.05, 4.69) is 9.97 Å². The third kappa shape index (κ3) is 2.96. The van der Waals surface area contributed by atoms with Crippen molar-refractivity contribution in [2.45, 2.75) is 12.8 Å². The standard InChI is InChI=1S/C14H9F3N2O2/c15-14(16,17)9-6-11-13(18-7-9)21-12(19-11)8-20-10-4-2-1-3-5-10/h1-7H,8H2. The number of nitrogens with zero attached hydrogens (tertiary/aromatic N) is 2. The van der Waals surface area contributed by atoms with Gasteiger partial charge in [-0.3, -0.25) is 0 Å². The second-order valence-corrected chi connectivity index (χ2v) is 4.26. The Hall–Kier alpha value is -2.57. The zero-order valence-electron chi connectivity index (χ0n) is 10.6. The maximum absolute atomic E-state index is 12.6. The molecule has 1 aromatic carbocycles. The lowest BCUT2D eigenvalue weighted by molar-refractivity contribution is -0.137. The van der Waals surface area contributed by atoms with Crippen LogP contribution < -0.4 is 4.74 Å². The van der Waals surface area contributed by atoms with Crippen molar-refractivity contribution < 1.29 is 22.3 Å². The molecule has 0 aliphatic heterocycles. The molecule has 0 unspecified atom stereocenters. The Morgan fingerprint density at radius 1 is 1.14 bits per heavy atom. The van der Waals surface area contributed by atoms with Gasteiger partial charge in [0.25, 0.3) is 0 Å². The topological polar surface area (TPSA) is 48.2 Å². The molecule has 4 nitrogen and oxygen atoms in total. The first-order valence-electron chi connectivity index (χ1n) is 6.03. The third-order valence-electron chi connectivity index (χ3n) is 2.72. The third-order valence-corrected chi connectivity index (χ3v) is 2.72. The van der Waals surface area contributed by atoms with E-state index in [1.807, 2.05) is 6.07 Å². The van der Waals surface area contributed by atoms with Gasteiger partial charge in [0.15, 0.2) is 6.61 Å². The molecule has 2 aromatic heterocycles. The van der Waals surface area contributed by atoms with E-state index >= 15 is 0 Å². The molecule has 0 atom stereocenters. The normalized spacial score (nSPS) is 11.8. The van der Waals surface area contributed by atoms with E-state index in [4.69, 9.17) is 9.15 Å². The first-order chi connectivity index (χ1) is 10.0. The van der Waals surface area contributed by atoms with E-state index in [9.17, 15) is 13.2 Å². The highest BCUT2D eigenvalue weighted by Crippen LogP contribution is 2.30. The second-order valence-electron chi connectivity index (χ2n) is 4.26. The molecule has 0 fully saturated rings. The van der Waals surface area contributed by atoms with E-state index in [0.29, 0.717) is 5.75 Å². The number of rotatable bonds is 3. The number of hydrogen-bond donors (Lipinski definition) is 0. The number of fused-ring (bicyclic) bond motifs is 1. The number of oxazole rings is 1. The second kappa shape index (κ2) is 5.08. The van der Waals surface area contributed by atoms with Crippen LogP contribution in [0.5, 0.6) is 5.75 Å². The Morgan fingerprint density at radius 2 is 1.90 bits per heavy atom. The van der Waals surface area contributed by atoms with E-state index in [0.717, 1.165) is 12.3 Å². The number of pyridine rings is 1. The van der Waals surface area contributed by atoms with Gasteiger partial charge >= 0.3 is 6.18 Å². The van der Waals surface area contributed by atoms with Crippen molar-refractivity contribution in [1.82, 2.24) is 9.97 Å².